The minimum absolute atomic E-state index is 0.511. The van der Waals surface area contributed by atoms with Crippen molar-refractivity contribution in [2.45, 2.75) is 6.92 Å². The first-order chi connectivity index (χ1) is 6.66. The van der Waals surface area contributed by atoms with Crippen LogP contribution in [0, 0.1) is 18.6 Å². The predicted octanol–water partition coefficient (Wildman–Crippen LogP) is 2.46. The quantitative estimate of drug-likeness (QED) is 0.681. The Bertz CT molecular complexity index is 463. The maximum atomic E-state index is 12.9. The number of aryl methyl sites for hydroxylation is 1. The number of hydrogen-bond donors (Lipinski definition) is 0. The van der Waals surface area contributed by atoms with E-state index >= 15 is 0 Å². The first kappa shape index (κ1) is 8.87. The van der Waals surface area contributed by atoms with Crippen LogP contribution >= 0.6 is 0 Å². The molecule has 14 heavy (non-hydrogen) atoms. The van der Waals surface area contributed by atoms with E-state index in [0.717, 1.165) is 17.7 Å². The molecule has 1 heterocycles. The summed E-state index contributed by atoms with van der Waals surface area (Å²) in [6.07, 6.45) is 3.40. The molecule has 0 unspecified atom stereocenters. The van der Waals surface area contributed by atoms with Gasteiger partial charge < -0.3 is 0 Å². The Morgan fingerprint density at radius 1 is 1.21 bits per heavy atom. The van der Waals surface area contributed by atoms with Crippen molar-refractivity contribution in [2.75, 3.05) is 0 Å². The molecule has 0 N–H and O–H groups in total. The lowest BCUT2D eigenvalue weighted by Gasteiger charge is -2.00. The van der Waals surface area contributed by atoms with Crippen LogP contribution in [0.5, 0.6) is 0 Å². The highest BCUT2D eigenvalue weighted by Gasteiger charge is 2.04. The predicted molar refractivity (Wildman–Crippen MR) is 48.2 cm³/mol. The highest BCUT2D eigenvalue weighted by atomic mass is 19.2. The zero-order valence-corrected chi connectivity index (χ0v) is 7.54. The third-order valence-corrected chi connectivity index (χ3v) is 1.88. The summed E-state index contributed by atoms with van der Waals surface area (Å²) in [5, 5.41) is 3.98. The van der Waals surface area contributed by atoms with Crippen molar-refractivity contribution in [3.05, 3.63) is 47.8 Å². The Morgan fingerprint density at radius 3 is 2.57 bits per heavy atom. The van der Waals surface area contributed by atoms with Crippen LogP contribution in [0.15, 0.2) is 30.6 Å². The van der Waals surface area contributed by atoms with Crippen molar-refractivity contribution < 1.29 is 8.78 Å². The Balaban J connectivity index is 2.47. The molecule has 2 aromatic rings. The zero-order chi connectivity index (χ0) is 10.1. The second-order valence-electron chi connectivity index (χ2n) is 3.06. The Kier molecular flexibility index (Phi) is 2.04. The van der Waals surface area contributed by atoms with Gasteiger partial charge in [-0.15, -0.1) is 0 Å². The molecule has 0 amide bonds. The number of aromatic nitrogens is 2. The molecular formula is C10H8F2N2. The van der Waals surface area contributed by atoms with Crippen molar-refractivity contribution in [1.29, 1.82) is 0 Å². The lowest BCUT2D eigenvalue weighted by atomic mass is 10.3. The standard InChI is InChI=1S/C10H8F2N2/c1-7-5-13-14(6-7)8-2-3-9(11)10(12)4-8/h2-6H,1H3. The number of rotatable bonds is 1. The molecule has 0 radical (unpaired) electrons. The second-order valence-corrected chi connectivity index (χ2v) is 3.06. The van der Waals surface area contributed by atoms with E-state index in [4.69, 9.17) is 0 Å². The molecular weight excluding hydrogens is 186 g/mol. The molecule has 0 aliphatic rings. The normalized spacial score (nSPS) is 10.5. The molecule has 0 aliphatic carbocycles. The van der Waals surface area contributed by atoms with Crippen molar-refractivity contribution in [1.82, 2.24) is 9.78 Å². The van der Waals surface area contributed by atoms with Gasteiger partial charge in [-0.05, 0) is 24.6 Å². The molecule has 72 valence electrons. The van der Waals surface area contributed by atoms with Crippen molar-refractivity contribution in [2.24, 2.45) is 0 Å². The molecule has 0 saturated heterocycles. The van der Waals surface area contributed by atoms with Crippen molar-refractivity contribution >= 4 is 0 Å². The van der Waals surface area contributed by atoms with Crippen LogP contribution in [0.3, 0.4) is 0 Å². The first-order valence-corrected chi connectivity index (χ1v) is 4.13. The second kappa shape index (κ2) is 3.21. The summed E-state index contributed by atoms with van der Waals surface area (Å²) in [7, 11) is 0. The minimum atomic E-state index is -0.865. The van der Waals surface area contributed by atoms with Gasteiger partial charge in [0.1, 0.15) is 0 Å². The Morgan fingerprint density at radius 2 is 2.00 bits per heavy atom. The summed E-state index contributed by atoms with van der Waals surface area (Å²) in [5.41, 5.74) is 1.48. The number of hydrogen-bond acceptors (Lipinski definition) is 1. The lowest BCUT2D eigenvalue weighted by molar-refractivity contribution is 0.507. The van der Waals surface area contributed by atoms with E-state index in [2.05, 4.69) is 5.10 Å². The summed E-state index contributed by atoms with van der Waals surface area (Å²) in [6, 6.07) is 3.67. The number of benzene rings is 1. The van der Waals surface area contributed by atoms with Crippen LogP contribution in [0.1, 0.15) is 5.56 Å². The summed E-state index contributed by atoms with van der Waals surface area (Å²) in [6.45, 7) is 1.88. The van der Waals surface area contributed by atoms with E-state index < -0.39 is 11.6 Å². The van der Waals surface area contributed by atoms with E-state index in [1.54, 1.807) is 12.4 Å². The van der Waals surface area contributed by atoms with E-state index in [1.165, 1.54) is 10.7 Å². The molecule has 0 spiro atoms. The Labute approximate surface area is 79.8 Å². The molecule has 0 saturated carbocycles. The van der Waals surface area contributed by atoms with Gasteiger partial charge in [-0.25, -0.2) is 13.5 Å². The molecule has 0 fully saturated rings. The Hall–Kier alpha value is -1.71. The maximum absolute atomic E-state index is 12.9. The van der Waals surface area contributed by atoms with Gasteiger partial charge in [0.05, 0.1) is 11.9 Å². The monoisotopic (exact) mass is 194 g/mol. The fourth-order valence-electron chi connectivity index (χ4n) is 1.18. The number of halogens is 2. The van der Waals surface area contributed by atoms with Crippen molar-refractivity contribution in [3.8, 4) is 5.69 Å². The fraction of sp³-hybridized carbons (Fsp3) is 0.100. The molecule has 1 aromatic heterocycles. The fourth-order valence-corrected chi connectivity index (χ4v) is 1.18. The summed E-state index contributed by atoms with van der Waals surface area (Å²) in [5.74, 6) is -1.71. The van der Waals surface area contributed by atoms with Gasteiger partial charge in [0, 0.05) is 12.3 Å². The van der Waals surface area contributed by atoms with Crippen LogP contribution in [-0.4, -0.2) is 9.78 Å². The van der Waals surface area contributed by atoms with E-state index in [0.29, 0.717) is 5.69 Å². The van der Waals surface area contributed by atoms with Crippen LogP contribution in [-0.2, 0) is 0 Å². The maximum Gasteiger partial charge on any atom is 0.160 e. The highest BCUT2D eigenvalue weighted by Crippen LogP contribution is 2.12. The zero-order valence-electron chi connectivity index (χ0n) is 7.54. The smallest absolute Gasteiger partial charge is 0.160 e. The third-order valence-electron chi connectivity index (χ3n) is 1.88. The largest absolute Gasteiger partial charge is 0.241 e. The van der Waals surface area contributed by atoms with Crippen molar-refractivity contribution in [3.63, 3.8) is 0 Å². The number of nitrogens with zero attached hydrogens (tertiary/aromatic N) is 2. The molecule has 0 atom stereocenters. The van der Waals surface area contributed by atoms with Gasteiger partial charge in [0.25, 0.3) is 0 Å². The van der Waals surface area contributed by atoms with Crippen LogP contribution in [0.4, 0.5) is 8.78 Å². The SMILES string of the molecule is Cc1cnn(-c2ccc(F)c(F)c2)c1. The van der Waals surface area contributed by atoms with Crippen LogP contribution in [0.2, 0.25) is 0 Å². The average Bonchev–Trinajstić information content (AvgIpc) is 2.57. The lowest BCUT2D eigenvalue weighted by Crippen LogP contribution is -1.96. The van der Waals surface area contributed by atoms with Gasteiger partial charge in [0.2, 0.25) is 0 Å². The summed E-state index contributed by atoms with van der Waals surface area (Å²) < 4.78 is 27.0. The summed E-state index contributed by atoms with van der Waals surface area (Å²) >= 11 is 0. The van der Waals surface area contributed by atoms with Gasteiger partial charge in [-0.1, -0.05) is 0 Å². The molecule has 2 nitrogen and oxygen atoms in total. The third kappa shape index (κ3) is 1.51. The minimum Gasteiger partial charge on any atom is -0.241 e. The molecule has 4 heteroatoms. The van der Waals surface area contributed by atoms with Gasteiger partial charge >= 0.3 is 0 Å². The molecule has 0 aliphatic heterocycles. The average molecular weight is 194 g/mol. The van der Waals surface area contributed by atoms with Gasteiger partial charge in [-0.3, -0.25) is 0 Å². The molecule has 1 aromatic carbocycles. The van der Waals surface area contributed by atoms with E-state index in [9.17, 15) is 8.78 Å². The topological polar surface area (TPSA) is 17.8 Å². The highest BCUT2D eigenvalue weighted by molar-refractivity contribution is 5.32. The van der Waals surface area contributed by atoms with Crippen LogP contribution in [0.25, 0.3) is 5.69 Å². The van der Waals surface area contributed by atoms with Gasteiger partial charge in [0.15, 0.2) is 11.6 Å². The van der Waals surface area contributed by atoms with E-state index in [-0.39, 0.29) is 0 Å². The first-order valence-electron chi connectivity index (χ1n) is 4.13. The molecule has 0 bridgehead atoms. The van der Waals surface area contributed by atoms with Gasteiger partial charge in [-0.2, -0.15) is 5.10 Å². The molecule has 2 rings (SSSR count). The van der Waals surface area contributed by atoms with Crippen LogP contribution < -0.4 is 0 Å². The summed E-state index contributed by atoms with van der Waals surface area (Å²) in [4.78, 5) is 0. The van der Waals surface area contributed by atoms with E-state index in [1.807, 2.05) is 6.92 Å².